The quantitative estimate of drug-likeness (QED) is 0.521. The summed E-state index contributed by atoms with van der Waals surface area (Å²) >= 11 is 0. The van der Waals surface area contributed by atoms with Gasteiger partial charge < -0.3 is 0 Å². The lowest BCUT2D eigenvalue weighted by Gasteiger charge is -2.41. The fourth-order valence-electron chi connectivity index (χ4n) is 1.26. The van der Waals surface area contributed by atoms with Crippen LogP contribution in [0, 0.1) is 10.8 Å². The van der Waals surface area contributed by atoms with E-state index in [2.05, 4.69) is 13.8 Å². The summed E-state index contributed by atoms with van der Waals surface area (Å²) in [5.74, 6) is 0.258. The average molecular weight is 152 g/mol. The SMILES string of the molecule is CC1(C)CC=CC(=O)C1(C)C. The molecule has 1 rings (SSSR count). The van der Waals surface area contributed by atoms with E-state index >= 15 is 0 Å². The molecule has 1 aliphatic rings. The smallest absolute Gasteiger partial charge is 0.161 e. The van der Waals surface area contributed by atoms with Crippen LogP contribution < -0.4 is 0 Å². The Morgan fingerprint density at radius 3 is 2.18 bits per heavy atom. The Balaban J connectivity index is 3.06. The molecule has 0 aromatic rings. The van der Waals surface area contributed by atoms with Crippen molar-refractivity contribution < 1.29 is 4.79 Å². The van der Waals surface area contributed by atoms with Gasteiger partial charge in [-0.3, -0.25) is 4.79 Å². The van der Waals surface area contributed by atoms with Crippen LogP contribution in [-0.4, -0.2) is 5.78 Å². The fraction of sp³-hybridized carbons (Fsp3) is 0.700. The minimum Gasteiger partial charge on any atom is -0.294 e. The summed E-state index contributed by atoms with van der Waals surface area (Å²) in [6, 6.07) is 0. The van der Waals surface area contributed by atoms with E-state index in [1.54, 1.807) is 6.08 Å². The number of carbonyl (C=O) groups is 1. The summed E-state index contributed by atoms with van der Waals surface area (Å²) in [6.07, 6.45) is 4.70. The van der Waals surface area contributed by atoms with Crippen molar-refractivity contribution in [3.8, 4) is 0 Å². The van der Waals surface area contributed by atoms with Crippen molar-refractivity contribution in [1.82, 2.24) is 0 Å². The molecule has 0 amide bonds. The molecule has 0 N–H and O–H groups in total. The third kappa shape index (κ3) is 1.13. The molecule has 0 radical (unpaired) electrons. The van der Waals surface area contributed by atoms with Crippen LogP contribution in [0.1, 0.15) is 34.1 Å². The number of carbonyl (C=O) groups excluding carboxylic acids is 1. The van der Waals surface area contributed by atoms with Gasteiger partial charge in [-0.05, 0) is 17.9 Å². The summed E-state index contributed by atoms with van der Waals surface area (Å²) in [4.78, 5) is 11.4. The molecule has 0 fully saturated rings. The Morgan fingerprint density at radius 1 is 1.27 bits per heavy atom. The zero-order valence-corrected chi connectivity index (χ0v) is 7.77. The normalized spacial score (nSPS) is 27.1. The first-order chi connectivity index (χ1) is 4.88. The first-order valence-corrected chi connectivity index (χ1v) is 4.09. The highest BCUT2D eigenvalue weighted by atomic mass is 16.1. The molecule has 62 valence electrons. The van der Waals surface area contributed by atoms with Gasteiger partial charge in [0.1, 0.15) is 0 Å². The van der Waals surface area contributed by atoms with Crippen LogP contribution in [0.15, 0.2) is 12.2 Å². The Bertz CT molecular complexity index is 209. The maximum atomic E-state index is 11.4. The number of ketones is 1. The second-order valence-corrected chi connectivity index (χ2v) is 4.48. The summed E-state index contributed by atoms with van der Waals surface area (Å²) < 4.78 is 0. The molecule has 1 heteroatoms. The Labute approximate surface area is 68.5 Å². The van der Waals surface area contributed by atoms with E-state index in [1.165, 1.54) is 0 Å². The Morgan fingerprint density at radius 2 is 1.82 bits per heavy atom. The van der Waals surface area contributed by atoms with Gasteiger partial charge in [0.05, 0.1) is 0 Å². The van der Waals surface area contributed by atoms with Crippen LogP contribution in [0.2, 0.25) is 0 Å². The molecule has 0 atom stereocenters. The van der Waals surface area contributed by atoms with Crippen molar-refractivity contribution >= 4 is 5.78 Å². The van der Waals surface area contributed by atoms with Gasteiger partial charge in [-0.25, -0.2) is 0 Å². The maximum absolute atomic E-state index is 11.4. The molecule has 1 nitrogen and oxygen atoms in total. The highest BCUT2D eigenvalue weighted by Crippen LogP contribution is 2.44. The van der Waals surface area contributed by atoms with E-state index in [0.29, 0.717) is 0 Å². The minimum atomic E-state index is -0.193. The zero-order chi connectivity index (χ0) is 8.70. The molecule has 0 aliphatic heterocycles. The van der Waals surface area contributed by atoms with Crippen molar-refractivity contribution in [1.29, 1.82) is 0 Å². The van der Waals surface area contributed by atoms with Crippen molar-refractivity contribution in [3.05, 3.63) is 12.2 Å². The molecule has 1 aliphatic carbocycles. The largest absolute Gasteiger partial charge is 0.294 e. The third-order valence-electron chi connectivity index (χ3n) is 3.21. The van der Waals surface area contributed by atoms with E-state index in [-0.39, 0.29) is 16.6 Å². The highest BCUT2D eigenvalue weighted by molar-refractivity contribution is 5.95. The van der Waals surface area contributed by atoms with Gasteiger partial charge in [-0.1, -0.05) is 33.8 Å². The standard InChI is InChI=1S/C10H16O/c1-9(2)7-5-6-8(11)10(9,3)4/h5-6H,7H2,1-4H3. The Hall–Kier alpha value is -0.590. The summed E-state index contributed by atoms with van der Waals surface area (Å²) in [5.41, 5.74) is -0.0828. The van der Waals surface area contributed by atoms with E-state index in [4.69, 9.17) is 0 Å². The second-order valence-electron chi connectivity index (χ2n) is 4.48. The number of hydrogen-bond donors (Lipinski definition) is 0. The van der Waals surface area contributed by atoms with Gasteiger partial charge in [0, 0.05) is 5.41 Å². The van der Waals surface area contributed by atoms with Crippen molar-refractivity contribution in [2.75, 3.05) is 0 Å². The first kappa shape index (κ1) is 8.51. The van der Waals surface area contributed by atoms with E-state index in [9.17, 15) is 4.79 Å². The molecule has 0 heterocycles. The Kier molecular flexibility index (Phi) is 1.70. The predicted octanol–water partition coefficient (Wildman–Crippen LogP) is 2.57. The molecule has 0 unspecified atom stereocenters. The van der Waals surface area contributed by atoms with Gasteiger partial charge in [0.15, 0.2) is 5.78 Å². The van der Waals surface area contributed by atoms with Crippen LogP contribution in [0.5, 0.6) is 0 Å². The summed E-state index contributed by atoms with van der Waals surface area (Å²) in [5, 5.41) is 0. The van der Waals surface area contributed by atoms with Crippen LogP contribution in [-0.2, 0) is 4.79 Å². The molecule has 0 aromatic heterocycles. The highest BCUT2D eigenvalue weighted by Gasteiger charge is 2.42. The van der Waals surface area contributed by atoms with Gasteiger partial charge in [-0.15, -0.1) is 0 Å². The zero-order valence-electron chi connectivity index (χ0n) is 7.77. The van der Waals surface area contributed by atoms with E-state index < -0.39 is 0 Å². The summed E-state index contributed by atoms with van der Waals surface area (Å²) in [7, 11) is 0. The molecule has 0 saturated heterocycles. The van der Waals surface area contributed by atoms with Crippen molar-refractivity contribution in [3.63, 3.8) is 0 Å². The molecule has 0 saturated carbocycles. The number of allylic oxidation sites excluding steroid dienone is 2. The predicted molar refractivity (Wildman–Crippen MR) is 46.3 cm³/mol. The lowest BCUT2D eigenvalue weighted by Crippen LogP contribution is -2.40. The van der Waals surface area contributed by atoms with Crippen molar-refractivity contribution in [2.45, 2.75) is 34.1 Å². The lowest BCUT2D eigenvalue weighted by atomic mass is 9.61. The summed E-state index contributed by atoms with van der Waals surface area (Å²) in [6.45, 7) is 8.35. The average Bonchev–Trinajstić information content (AvgIpc) is 1.84. The third-order valence-corrected chi connectivity index (χ3v) is 3.21. The van der Waals surface area contributed by atoms with Crippen LogP contribution in [0.4, 0.5) is 0 Å². The van der Waals surface area contributed by atoms with Crippen LogP contribution >= 0.6 is 0 Å². The first-order valence-electron chi connectivity index (χ1n) is 4.09. The molecule has 0 spiro atoms. The van der Waals surface area contributed by atoms with E-state index in [1.807, 2.05) is 19.9 Å². The van der Waals surface area contributed by atoms with Gasteiger partial charge >= 0.3 is 0 Å². The fourth-order valence-corrected chi connectivity index (χ4v) is 1.26. The van der Waals surface area contributed by atoms with Crippen molar-refractivity contribution in [2.24, 2.45) is 10.8 Å². The molecule has 0 aromatic carbocycles. The topological polar surface area (TPSA) is 17.1 Å². The molecule has 0 bridgehead atoms. The molecule has 11 heavy (non-hydrogen) atoms. The molecular formula is C10H16O. The van der Waals surface area contributed by atoms with E-state index in [0.717, 1.165) is 6.42 Å². The monoisotopic (exact) mass is 152 g/mol. The maximum Gasteiger partial charge on any atom is 0.161 e. The lowest BCUT2D eigenvalue weighted by molar-refractivity contribution is -0.128. The van der Waals surface area contributed by atoms with Crippen LogP contribution in [0.25, 0.3) is 0 Å². The number of rotatable bonds is 0. The second kappa shape index (κ2) is 2.20. The van der Waals surface area contributed by atoms with Gasteiger partial charge in [0.25, 0.3) is 0 Å². The van der Waals surface area contributed by atoms with Crippen LogP contribution in [0.3, 0.4) is 0 Å². The van der Waals surface area contributed by atoms with Gasteiger partial charge in [-0.2, -0.15) is 0 Å². The molecular weight excluding hydrogens is 136 g/mol. The number of hydrogen-bond acceptors (Lipinski definition) is 1. The minimum absolute atomic E-state index is 0.110. The van der Waals surface area contributed by atoms with Gasteiger partial charge in [0.2, 0.25) is 0 Å².